The number of hydrogen-bond donors (Lipinski definition) is 1. The molecule has 21 heavy (non-hydrogen) atoms. The zero-order chi connectivity index (χ0) is 15.2. The van der Waals surface area contributed by atoms with Gasteiger partial charge in [-0.1, -0.05) is 0 Å². The molecule has 6 nitrogen and oxygen atoms in total. The maximum atomic E-state index is 12.1. The summed E-state index contributed by atoms with van der Waals surface area (Å²) in [5.41, 5.74) is 5.30. The number of nitrogens with zero attached hydrogens (tertiary/aromatic N) is 1. The smallest absolute Gasteiger partial charge is 0.260 e. The van der Waals surface area contributed by atoms with E-state index >= 15 is 0 Å². The molecule has 2 rings (SSSR count). The molecule has 1 saturated heterocycles. The Hall–Kier alpha value is -2.24. The van der Waals surface area contributed by atoms with Gasteiger partial charge in [0.2, 0.25) is 5.91 Å². The van der Waals surface area contributed by atoms with Gasteiger partial charge in [-0.3, -0.25) is 9.59 Å². The third-order valence-corrected chi connectivity index (χ3v) is 3.60. The highest BCUT2D eigenvalue weighted by atomic mass is 16.5. The summed E-state index contributed by atoms with van der Waals surface area (Å²) < 4.78 is 10.5. The van der Waals surface area contributed by atoms with Crippen LogP contribution in [-0.2, 0) is 9.59 Å². The van der Waals surface area contributed by atoms with Gasteiger partial charge >= 0.3 is 0 Å². The first-order valence-electron chi connectivity index (χ1n) is 6.94. The number of amides is 2. The Bertz CT molecular complexity index is 501. The van der Waals surface area contributed by atoms with Gasteiger partial charge in [-0.15, -0.1) is 0 Å². The fourth-order valence-electron chi connectivity index (χ4n) is 2.34. The second kappa shape index (κ2) is 6.97. The van der Waals surface area contributed by atoms with E-state index in [9.17, 15) is 9.59 Å². The Morgan fingerprint density at radius 1 is 1.29 bits per heavy atom. The third-order valence-electron chi connectivity index (χ3n) is 3.60. The fourth-order valence-corrected chi connectivity index (χ4v) is 2.34. The lowest BCUT2D eigenvalue weighted by Gasteiger charge is -2.31. The van der Waals surface area contributed by atoms with Crippen LogP contribution in [0.15, 0.2) is 24.3 Å². The standard InChI is InChI=1S/C15H20N2O4/c1-20-12-4-6-13(7-5-12)21-10-14(18)17-8-2-3-11(9-17)15(16)19/h4-7,11H,2-3,8-10H2,1H3,(H2,16,19). The molecule has 1 aliphatic heterocycles. The van der Waals surface area contributed by atoms with Crippen LogP contribution in [0.4, 0.5) is 0 Å². The second-order valence-corrected chi connectivity index (χ2v) is 5.05. The topological polar surface area (TPSA) is 81.9 Å². The van der Waals surface area contributed by atoms with Gasteiger partial charge in [0.15, 0.2) is 6.61 Å². The quantitative estimate of drug-likeness (QED) is 0.870. The summed E-state index contributed by atoms with van der Waals surface area (Å²) >= 11 is 0. The molecule has 1 unspecified atom stereocenters. The number of carbonyl (C=O) groups is 2. The van der Waals surface area contributed by atoms with Crippen molar-refractivity contribution in [1.82, 2.24) is 4.90 Å². The van der Waals surface area contributed by atoms with Gasteiger partial charge in [0.05, 0.1) is 13.0 Å². The summed E-state index contributed by atoms with van der Waals surface area (Å²) in [4.78, 5) is 24.9. The summed E-state index contributed by atoms with van der Waals surface area (Å²) in [6, 6.07) is 7.02. The number of benzene rings is 1. The summed E-state index contributed by atoms with van der Waals surface area (Å²) in [5.74, 6) is 0.616. The van der Waals surface area contributed by atoms with E-state index in [1.165, 1.54) is 0 Å². The van der Waals surface area contributed by atoms with Crippen LogP contribution < -0.4 is 15.2 Å². The van der Waals surface area contributed by atoms with Crippen LogP contribution >= 0.6 is 0 Å². The molecule has 0 aliphatic carbocycles. The van der Waals surface area contributed by atoms with Gasteiger partial charge in [-0.25, -0.2) is 0 Å². The average Bonchev–Trinajstić information content (AvgIpc) is 2.53. The van der Waals surface area contributed by atoms with Crippen molar-refractivity contribution in [3.63, 3.8) is 0 Å². The first-order valence-corrected chi connectivity index (χ1v) is 6.94. The molecule has 0 bridgehead atoms. The van der Waals surface area contributed by atoms with E-state index in [2.05, 4.69) is 0 Å². The number of methoxy groups -OCH3 is 1. The van der Waals surface area contributed by atoms with Gasteiger partial charge < -0.3 is 20.1 Å². The van der Waals surface area contributed by atoms with Gasteiger partial charge in [-0.05, 0) is 37.1 Å². The van der Waals surface area contributed by atoms with Gasteiger partial charge in [0, 0.05) is 13.1 Å². The largest absolute Gasteiger partial charge is 0.497 e. The predicted molar refractivity (Wildman–Crippen MR) is 77.0 cm³/mol. The monoisotopic (exact) mass is 292 g/mol. The fraction of sp³-hybridized carbons (Fsp3) is 0.467. The third kappa shape index (κ3) is 4.11. The average molecular weight is 292 g/mol. The highest BCUT2D eigenvalue weighted by Gasteiger charge is 2.26. The molecular weight excluding hydrogens is 272 g/mol. The van der Waals surface area contributed by atoms with E-state index in [1.54, 1.807) is 36.3 Å². The van der Waals surface area contributed by atoms with E-state index in [-0.39, 0.29) is 24.3 Å². The highest BCUT2D eigenvalue weighted by Crippen LogP contribution is 2.18. The van der Waals surface area contributed by atoms with Crippen molar-refractivity contribution < 1.29 is 19.1 Å². The number of primary amides is 1. The molecule has 1 atom stereocenters. The summed E-state index contributed by atoms with van der Waals surface area (Å²) in [6.45, 7) is 0.993. The number of likely N-dealkylation sites (tertiary alicyclic amines) is 1. The summed E-state index contributed by atoms with van der Waals surface area (Å²) in [5, 5.41) is 0. The minimum atomic E-state index is -0.344. The van der Waals surface area contributed by atoms with E-state index in [1.807, 2.05) is 0 Å². The van der Waals surface area contributed by atoms with Gasteiger partial charge in [-0.2, -0.15) is 0 Å². The van der Waals surface area contributed by atoms with Crippen LogP contribution in [0.3, 0.4) is 0 Å². The molecule has 1 aliphatic rings. The molecule has 0 spiro atoms. The number of hydrogen-bond acceptors (Lipinski definition) is 4. The Labute approximate surface area is 123 Å². The molecular formula is C15H20N2O4. The van der Waals surface area contributed by atoms with Crippen molar-refractivity contribution in [2.75, 3.05) is 26.8 Å². The Kier molecular flexibility index (Phi) is 5.03. The summed E-state index contributed by atoms with van der Waals surface area (Å²) in [6.07, 6.45) is 1.54. The second-order valence-electron chi connectivity index (χ2n) is 5.05. The van der Waals surface area contributed by atoms with Crippen LogP contribution in [0, 0.1) is 5.92 Å². The van der Waals surface area contributed by atoms with E-state index < -0.39 is 0 Å². The zero-order valence-electron chi connectivity index (χ0n) is 12.1. The van der Waals surface area contributed by atoms with Crippen LogP contribution in [0.1, 0.15) is 12.8 Å². The van der Waals surface area contributed by atoms with Gasteiger partial charge in [0.1, 0.15) is 11.5 Å². The zero-order valence-corrected chi connectivity index (χ0v) is 12.1. The molecule has 0 aromatic heterocycles. The first kappa shape index (κ1) is 15.2. The molecule has 6 heteroatoms. The van der Waals surface area contributed by atoms with Crippen LogP contribution in [0.5, 0.6) is 11.5 Å². The van der Waals surface area contributed by atoms with E-state index in [4.69, 9.17) is 15.2 Å². The molecule has 1 aromatic rings. The van der Waals surface area contributed by atoms with E-state index in [0.29, 0.717) is 18.8 Å². The molecule has 2 N–H and O–H groups in total. The number of ether oxygens (including phenoxy) is 2. The van der Waals surface area contributed by atoms with Crippen molar-refractivity contribution in [2.24, 2.45) is 11.7 Å². The van der Waals surface area contributed by atoms with Crippen molar-refractivity contribution in [2.45, 2.75) is 12.8 Å². The first-order chi connectivity index (χ1) is 10.1. The molecule has 114 valence electrons. The number of nitrogens with two attached hydrogens (primary N) is 1. The lowest BCUT2D eigenvalue weighted by molar-refractivity contribution is -0.136. The Morgan fingerprint density at radius 3 is 2.57 bits per heavy atom. The minimum absolute atomic E-state index is 0.0438. The Balaban J connectivity index is 1.84. The van der Waals surface area contributed by atoms with Crippen LogP contribution in [0.25, 0.3) is 0 Å². The lowest BCUT2D eigenvalue weighted by Crippen LogP contribution is -2.45. The van der Waals surface area contributed by atoms with Crippen molar-refractivity contribution >= 4 is 11.8 Å². The Morgan fingerprint density at radius 2 is 1.95 bits per heavy atom. The molecule has 1 fully saturated rings. The lowest BCUT2D eigenvalue weighted by atomic mass is 9.97. The number of piperidine rings is 1. The highest BCUT2D eigenvalue weighted by molar-refractivity contribution is 5.81. The molecule has 1 aromatic carbocycles. The number of rotatable bonds is 5. The van der Waals surface area contributed by atoms with Crippen molar-refractivity contribution in [1.29, 1.82) is 0 Å². The number of carbonyl (C=O) groups excluding carboxylic acids is 2. The van der Waals surface area contributed by atoms with Crippen molar-refractivity contribution in [3.8, 4) is 11.5 Å². The predicted octanol–water partition coefficient (Wildman–Crippen LogP) is 0.798. The van der Waals surface area contributed by atoms with Crippen molar-refractivity contribution in [3.05, 3.63) is 24.3 Å². The molecule has 0 saturated carbocycles. The van der Waals surface area contributed by atoms with Crippen LogP contribution in [-0.4, -0.2) is 43.5 Å². The summed E-state index contributed by atoms with van der Waals surface area (Å²) in [7, 11) is 1.59. The molecule has 1 heterocycles. The SMILES string of the molecule is COc1ccc(OCC(=O)N2CCCC(C(N)=O)C2)cc1. The maximum absolute atomic E-state index is 12.1. The maximum Gasteiger partial charge on any atom is 0.260 e. The normalized spacial score (nSPS) is 18.1. The van der Waals surface area contributed by atoms with Gasteiger partial charge in [0.25, 0.3) is 5.91 Å². The molecule has 2 amide bonds. The molecule has 0 radical (unpaired) electrons. The minimum Gasteiger partial charge on any atom is -0.497 e. The van der Waals surface area contributed by atoms with E-state index in [0.717, 1.165) is 18.6 Å². The van der Waals surface area contributed by atoms with Crippen LogP contribution in [0.2, 0.25) is 0 Å².